The smallest absolute Gasteiger partial charge is 0.250 e. The molecule has 7 nitrogen and oxygen atoms in total. The van der Waals surface area contributed by atoms with E-state index in [0.29, 0.717) is 22.4 Å². The van der Waals surface area contributed by atoms with Crippen molar-refractivity contribution in [2.75, 3.05) is 20.0 Å². The maximum atomic E-state index is 12.0. The number of thioether (sulfide) groups is 1. The van der Waals surface area contributed by atoms with E-state index in [2.05, 4.69) is 20.5 Å². The normalized spacial score (nSPS) is 11.2. The fourth-order valence-electron chi connectivity index (χ4n) is 2.19. The molecule has 0 aliphatic heterocycles. The number of carbonyl (C=O) groups is 1. The Hall–Kier alpha value is -2.61. The first-order valence-electron chi connectivity index (χ1n) is 7.93. The van der Waals surface area contributed by atoms with Crippen LogP contribution in [0, 0.1) is 13.8 Å². The largest absolute Gasteiger partial charge is 0.493 e. The molecule has 138 valence electrons. The minimum Gasteiger partial charge on any atom is -0.493 e. The van der Waals surface area contributed by atoms with E-state index in [1.807, 2.05) is 39.0 Å². The van der Waals surface area contributed by atoms with E-state index >= 15 is 0 Å². The number of aryl methyl sites for hydroxylation is 2. The van der Waals surface area contributed by atoms with Crippen LogP contribution in [0.25, 0.3) is 0 Å². The van der Waals surface area contributed by atoms with Crippen molar-refractivity contribution in [2.24, 2.45) is 5.10 Å². The highest BCUT2D eigenvalue weighted by Gasteiger charge is 2.08. The van der Waals surface area contributed by atoms with E-state index in [0.717, 1.165) is 17.0 Å². The summed E-state index contributed by atoms with van der Waals surface area (Å²) < 4.78 is 10.5. The molecule has 1 aromatic carbocycles. The summed E-state index contributed by atoms with van der Waals surface area (Å²) in [6, 6.07) is 7.34. The van der Waals surface area contributed by atoms with Gasteiger partial charge in [-0.1, -0.05) is 11.8 Å². The van der Waals surface area contributed by atoms with Crippen molar-refractivity contribution in [3.05, 3.63) is 41.2 Å². The summed E-state index contributed by atoms with van der Waals surface area (Å²) in [5.41, 5.74) is 5.79. The van der Waals surface area contributed by atoms with E-state index < -0.39 is 0 Å². The molecular formula is C18H22N4O3S. The highest BCUT2D eigenvalue weighted by atomic mass is 32.2. The summed E-state index contributed by atoms with van der Waals surface area (Å²) in [5, 5.41) is 4.72. The predicted octanol–water partition coefficient (Wildman–Crippen LogP) is 2.74. The van der Waals surface area contributed by atoms with Crippen molar-refractivity contribution >= 4 is 23.4 Å². The Morgan fingerprint density at radius 2 is 1.77 bits per heavy atom. The number of hydrogen-bond acceptors (Lipinski definition) is 7. The second-order valence-electron chi connectivity index (χ2n) is 5.52. The highest BCUT2D eigenvalue weighted by Crippen LogP contribution is 2.27. The molecule has 0 unspecified atom stereocenters. The Bertz CT molecular complexity index is 804. The molecule has 1 heterocycles. The Morgan fingerprint density at radius 3 is 2.38 bits per heavy atom. The fraction of sp³-hybridized carbons (Fsp3) is 0.333. The SMILES string of the molecule is COc1ccc(/C(C)=N\NC(=O)CSc2nc(C)cc(C)n2)cc1OC. The average molecular weight is 374 g/mol. The van der Waals surface area contributed by atoms with Gasteiger partial charge in [0.05, 0.1) is 25.7 Å². The van der Waals surface area contributed by atoms with Crippen LogP contribution in [0.5, 0.6) is 11.5 Å². The topological polar surface area (TPSA) is 85.7 Å². The number of nitrogens with zero attached hydrogens (tertiary/aromatic N) is 3. The van der Waals surface area contributed by atoms with E-state index in [1.54, 1.807) is 20.3 Å². The summed E-state index contributed by atoms with van der Waals surface area (Å²) >= 11 is 1.28. The molecule has 1 amide bonds. The van der Waals surface area contributed by atoms with Crippen molar-refractivity contribution in [3.8, 4) is 11.5 Å². The van der Waals surface area contributed by atoms with Gasteiger partial charge in [0.2, 0.25) is 0 Å². The van der Waals surface area contributed by atoms with Gasteiger partial charge in [-0.3, -0.25) is 4.79 Å². The zero-order valence-electron chi connectivity index (χ0n) is 15.5. The van der Waals surface area contributed by atoms with Gasteiger partial charge in [-0.25, -0.2) is 15.4 Å². The predicted molar refractivity (Wildman–Crippen MR) is 102 cm³/mol. The zero-order chi connectivity index (χ0) is 19.1. The number of nitrogens with one attached hydrogen (secondary N) is 1. The molecule has 1 aromatic heterocycles. The Kier molecular flexibility index (Phi) is 6.97. The third-order valence-corrected chi connectivity index (χ3v) is 4.29. The molecule has 0 saturated carbocycles. The lowest BCUT2D eigenvalue weighted by Gasteiger charge is -2.09. The minimum atomic E-state index is -0.224. The molecule has 0 aliphatic carbocycles. The lowest BCUT2D eigenvalue weighted by Crippen LogP contribution is -2.21. The monoisotopic (exact) mass is 374 g/mol. The van der Waals surface area contributed by atoms with Crippen LogP contribution in [0.2, 0.25) is 0 Å². The molecular weight excluding hydrogens is 352 g/mol. The van der Waals surface area contributed by atoms with Crippen molar-refractivity contribution in [2.45, 2.75) is 25.9 Å². The van der Waals surface area contributed by atoms with Crippen LogP contribution in [-0.2, 0) is 4.79 Å². The van der Waals surface area contributed by atoms with Gasteiger partial charge in [0.15, 0.2) is 16.7 Å². The van der Waals surface area contributed by atoms with Gasteiger partial charge in [-0.05, 0) is 45.0 Å². The maximum absolute atomic E-state index is 12.0. The molecule has 0 aliphatic rings. The number of hydrazone groups is 1. The second kappa shape index (κ2) is 9.19. The first-order valence-corrected chi connectivity index (χ1v) is 8.92. The number of hydrogen-bond donors (Lipinski definition) is 1. The molecule has 0 saturated heterocycles. The van der Waals surface area contributed by atoms with Gasteiger partial charge >= 0.3 is 0 Å². The number of ether oxygens (including phenoxy) is 2. The number of benzene rings is 1. The van der Waals surface area contributed by atoms with Crippen molar-refractivity contribution in [3.63, 3.8) is 0 Å². The van der Waals surface area contributed by atoms with Crippen LogP contribution in [-0.4, -0.2) is 41.6 Å². The van der Waals surface area contributed by atoms with Crippen LogP contribution in [0.15, 0.2) is 34.5 Å². The first kappa shape index (κ1) is 19.7. The number of methoxy groups -OCH3 is 2. The average Bonchev–Trinajstić information content (AvgIpc) is 2.63. The lowest BCUT2D eigenvalue weighted by molar-refractivity contribution is -0.118. The van der Waals surface area contributed by atoms with Gasteiger partial charge in [-0.15, -0.1) is 0 Å². The molecule has 0 radical (unpaired) electrons. The molecule has 2 rings (SSSR count). The summed E-state index contributed by atoms with van der Waals surface area (Å²) in [5.74, 6) is 1.20. The van der Waals surface area contributed by atoms with E-state index in [4.69, 9.17) is 9.47 Å². The fourth-order valence-corrected chi connectivity index (χ4v) is 2.93. The highest BCUT2D eigenvalue weighted by molar-refractivity contribution is 7.99. The lowest BCUT2D eigenvalue weighted by atomic mass is 10.1. The summed E-state index contributed by atoms with van der Waals surface area (Å²) in [6.07, 6.45) is 0. The quantitative estimate of drug-likeness (QED) is 0.347. The third kappa shape index (κ3) is 5.45. The third-order valence-electron chi connectivity index (χ3n) is 3.44. The second-order valence-corrected chi connectivity index (χ2v) is 6.47. The minimum absolute atomic E-state index is 0.186. The van der Waals surface area contributed by atoms with Crippen LogP contribution < -0.4 is 14.9 Å². The summed E-state index contributed by atoms with van der Waals surface area (Å²) in [6.45, 7) is 5.60. The number of carbonyl (C=O) groups excluding carboxylic acids is 1. The molecule has 26 heavy (non-hydrogen) atoms. The standard InChI is InChI=1S/C18H22N4O3S/c1-11-8-12(2)20-18(19-11)26-10-17(23)22-21-13(3)14-6-7-15(24-4)16(9-14)25-5/h6-9H,10H2,1-5H3,(H,22,23)/b21-13-. The Balaban J connectivity index is 1.96. The van der Waals surface area contributed by atoms with Gasteiger partial charge in [0.25, 0.3) is 5.91 Å². The van der Waals surface area contributed by atoms with E-state index in [1.165, 1.54) is 11.8 Å². The van der Waals surface area contributed by atoms with Gasteiger partial charge in [0, 0.05) is 17.0 Å². The van der Waals surface area contributed by atoms with Crippen molar-refractivity contribution < 1.29 is 14.3 Å². The van der Waals surface area contributed by atoms with Crippen molar-refractivity contribution in [1.29, 1.82) is 0 Å². The Labute approximate surface area is 157 Å². The Morgan fingerprint density at radius 1 is 1.12 bits per heavy atom. The molecule has 0 spiro atoms. The molecule has 2 aromatic rings. The number of amides is 1. The molecule has 0 bridgehead atoms. The van der Waals surface area contributed by atoms with Gasteiger partial charge in [0.1, 0.15) is 0 Å². The van der Waals surface area contributed by atoms with E-state index in [9.17, 15) is 4.79 Å². The van der Waals surface area contributed by atoms with E-state index in [-0.39, 0.29) is 11.7 Å². The molecule has 0 fully saturated rings. The van der Waals surface area contributed by atoms with Gasteiger partial charge in [-0.2, -0.15) is 5.10 Å². The van der Waals surface area contributed by atoms with Crippen LogP contribution in [0.1, 0.15) is 23.9 Å². The summed E-state index contributed by atoms with van der Waals surface area (Å²) in [7, 11) is 3.15. The zero-order valence-corrected chi connectivity index (χ0v) is 16.3. The van der Waals surface area contributed by atoms with Crippen molar-refractivity contribution in [1.82, 2.24) is 15.4 Å². The molecule has 1 N–H and O–H groups in total. The van der Waals surface area contributed by atoms with Crippen LogP contribution in [0.3, 0.4) is 0 Å². The first-order chi connectivity index (χ1) is 12.4. The van der Waals surface area contributed by atoms with Crippen LogP contribution >= 0.6 is 11.8 Å². The molecule has 8 heteroatoms. The molecule has 0 atom stereocenters. The van der Waals surface area contributed by atoms with Crippen LogP contribution in [0.4, 0.5) is 0 Å². The number of aromatic nitrogens is 2. The van der Waals surface area contributed by atoms with Gasteiger partial charge < -0.3 is 9.47 Å². The summed E-state index contributed by atoms with van der Waals surface area (Å²) in [4.78, 5) is 20.6. The number of rotatable bonds is 7. The maximum Gasteiger partial charge on any atom is 0.250 e.